The van der Waals surface area contributed by atoms with Crippen LogP contribution in [0.4, 0.5) is 0 Å². The smallest absolute Gasteiger partial charge is 0.202 e. The van der Waals surface area contributed by atoms with Gasteiger partial charge in [0.05, 0.1) is 11.6 Å². The normalized spacial score (nSPS) is 17.2. The Balaban J connectivity index is 1.93. The van der Waals surface area contributed by atoms with Crippen LogP contribution in [0.3, 0.4) is 0 Å². The minimum atomic E-state index is -0.494. The van der Waals surface area contributed by atoms with E-state index >= 15 is 0 Å². The van der Waals surface area contributed by atoms with Crippen molar-refractivity contribution in [1.82, 2.24) is 5.48 Å². The molecule has 0 saturated heterocycles. The standard InChI is InChI=1S/C15H13BrN2O3/c1-20-12-8-10(7-11(16)13(12)19)15-17-14(18-21-15)9-5-3-2-4-6-9/h2-8,15,19H,1H3,(H,17,18)/t15-/m0/s1. The highest BCUT2D eigenvalue weighted by molar-refractivity contribution is 9.10. The summed E-state index contributed by atoms with van der Waals surface area (Å²) in [7, 11) is 1.50. The minimum Gasteiger partial charge on any atom is -0.503 e. The molecule has 2 aromatic carbocycles. The van der Waals surface area contributed by atoms with E-state index in [-0.39, 0.29) is 5.75 Å². The lowest BCUT2D eigenvalue weighted by Crippen LogP contribution is -2.17. The van der Waals surface area contributed by atoms with Crippen LogP contribution in [0.15, 0.2) is 51.9 Å². The molecule has 21 heavy (non-hydrogen) atoms. The van der Waals surface area contributed by atoms with Crippen LogP contribution in [0.1, 0.15) is 17.4 Å². The number of aromatic hydroxyl groups is 1. The molecule has 108 valence electrons. The first kappa shape index (κ1) is 13.9. The number of nitrogens with one attached hydrogen (secondary N) is 1. The average Bonchev–Trinajstić information content (AvgIpc) is 3.00. The lowest BCUT2D eigenvalue weighted by molar-refractivity contribution is 0.0375. The van der Waals surface area contributed by atoms with Crippen molar-refractivity contribution in [3.63, 3.8) is 0 Å². The molecular formula is C15H13BrN2O3. The van der Waals surface area contributed by atoms with Gasteiger partial charge in [-0.3, -0.25) is 0 Å². The molecular weight excluding hydrogens is 336 g/mol. The molecule has 0 radical (unpaired) electrons. The van der Waals surface area contributed by atoms with Crippen LogP contribution in [0.25, 0.3) is 0 Å². The topological polar surface area (TPSA) is 63.1 Å². The summed E-state index contributed by atoms with van der Waals surface area (Å²) in [5.41, 5.74) is 4.55. The van der Waals surface area contributed by atoms with E-state index in [1.54, 1.807) is 12.1 Å². The van der Waals surface area contributed by atoms with E-state index in [1.165, 1.54) is 7.11 Å². The van der Waals surface area contributed by atoms with Gasteiger partial charge < -0.3 is 9.84 Å². The van der Waals surface area contributed by atoms with Crippen LogP contribution in [-0.4, -0.2) is 18.1 Å². The van der Waals surface area contributed by atoms with E-state index < -0.39 is 6.23 Å². The number of benzene rings is 2. The molecule has 0 fully saturated rings. The molecule has 1 heterocycles. The molecule has 5 nitrogen and oxygen atoms in total. The van der Waals surface area contributed by atoms with Gasteiger partial charge in [0.1, 0.15) is 0 Å². The first-order valence-electron chi connectivity index (χ1n) is 6.30. The fourth-order valence-electron chi connectivity index (χ4n) is 2.05. The quantitative estimate of drug-likeness (QED) is 0.894. The van der Waals surface area contributed by atoms with Crippen molar-refractivity contribution in [1.29, 1.82) is 0 Å². The molecule has 0 bridgehead atoms. The van der Waals surface area contributed by atoms with Crippen molar-refractivity contribution in [2.75, 3.05) is 7.11 Å². The summed E-state index contributed by atoms with van der Waals surface area (Å²) in [6.07, 6.45) is -0.494. The van der Waals surface area contributed by atoms with Gasteiger partial charge in [-0.25, -0.2) is 15.3 Å². The van der Waals surface area contributed by atoms with Crippen molar-refractivity contribution in [2.45, 2.75) is 6.23 Å². The maximum absolute atomic E-state index is 9.83. The average molecular weight is 349 g/mol. The van der Waals surface area contributed by atoms with E-state index in [0.717, 1.165) is 11.1 Å². The fraction of sp³-hybridized carbons (Fsp3) is 0.133. The number of ether oxygens (including phenoxy) is 1. The van der Waals surface area contributed by atoms with Crippen molar-refractivity contribution in [3.8, 4) is 11.5 Å². The second-order valence-corrected chi connectivity index (χ2v) is 5.32. The van der Waals surface area contributed by atoms with Crippen LogP contribution >= 0.6 is 15.9 Å². The summed E-state index contributed by atoms with van der Waals surface area (Å²) in [5, 5.41) is 9.83. The third kappa shape index (κ3) is 2.72. The van der Waals surface area contributed by atoms with Crippen LogP contribution < -0.4 is 10.2 Å². The summed E-state index contributed by atoms with van der Waals surface area (Å²) < 4.78 is 5.66. The molecule has 2 aromatic rings. The van der Waals surface area contributed by atoms with Gasteiger partial charge in [-0.2, -0.15) is 0 Å². The van der Waals surface area contributed by atoms with Gasteiger partial charge in [0, 0.05) is 11.1 Å². The molecule has 2 N–H and O–H groups in total. The first-order chi connectivity index (χ1) is 10.2. The predicted octanol–water partition coefficient (Wildman–Crippen LogP) is 3.14. The van der Waals surface area contributed by atoms with Gasteiger partial charge in [-0.1, -0.05) is 30.3 Å². The lowest BCUT2D eigenvalue weighted by Gasteiger charge is -2.11. The highest BCUT2D eigenvalue weighted by Gasteiger charge is 2.23. The number of amidine groups is 1. The zero-order chi connectivity index (χ0) is 14.8. The van der Waals surface area contributed by atoms with E-state index in [4.69, 9.17) is 9.57 Å². The maximum Gasteiger partial charge on any atom is 0.202 e. The summed E-state index contributed by atoms with van der Waals surface area (Å²) in [6, 6.07) is 13.2. The van der Waals surface area contributed by atoms with Crippen LogP contribution in [0.5, 0.6) is 11.5 Å². The Labute approximate surface area is 130 Å². The number of nitrogens with zero attached hydrogens (tertiary/aromatic N) is 1. The molecule has 1 aliphatic heterocycles. The number of halogens is 1. The number of hydrogen-bond donors (Lipinski definition) is 2. The van der Waals surface area contributed by atoms with E-state index in [2.05, 4.69) is 26.4 Å². The second-order valence-electron chi connectivity index (χ2n) is 4.47. The van der Waals surface area contributed by atoms with Crippen molar-refractivity contribution in [2.24, 2.45) is 4.99 Å². The number of aliphatic imine (C=N–C) groups is 1. The highest BCUT2D eigenvalue weighted by Crippen LogP contribution is 2.38. The molecule has 3 rings (SSSR count). The van der Waals surface area contributed by atoms with Crippen LogP contribution in [0.2, 0.25) is 0 Å². The third-order valence-electron chi connectivity index (χ3n) is 3.12. The Kier molecular flexibility index (Phi) is 3.81. The molecule has 0 aliphatic carbocycles. The molecule has 6 heteroatoms. The number of phenolic OH excluding ortho intramolecular Hbond substituents is 1. The maximum atomic E-state index is 9.83. The van der Waals surface area contributed by atoms with Gasteiger partial charge in [-0.15, -0.1) is 0 Å². The molecule has 0 saturated carbocycles. The molecule has 0 unspecified atom stereocenters. The Morgan fingerprint density at radius 2 is 2.05 bits per heavy atom. The largest absolute Gasteiger partial charge is 0.503 e. The van der Waals surface area contributed by atoms with Crippen molar-refractivity contribution >= 4 is 21.8 Å². The Morgan fingerprint density at radius 1 is 1.29 bits per heavy atom. The second kappa shape index (κ2) is 5.75. The number of methoxy groups -OCH3 is 1. The molecule has 1 aliphatic rings. The van der Waals surface area contributed by atoms with E-state index in [1.807, 2.05) is 30.3 Å². The summed E-state index contributed by atoms with van der Waals surface area (Å²) in [5.74, 6) is 1.09. The Morgan fingerprint density at radius 3 is 2.76 bits per heavy atom. The molecule has 0 spiro atoms. The third-order valence-corrected chi connectivity index (χ3v) is 3.72. The van der Waals surface area contributed by atoms with E-state index in [0.29, 0.717) is 16.1 Å². The first-order valence-corrected chi connectivity index (χ1v) is 7.09. The van der Waals surface area contributed by atoms with Gasteiger partial charge >= 0.3 is 0 Å². The number of hydrogen-bond acceptors (Lipinski definition) is 5. The van der Waals surface area contributed by atoms with Gasteiger partial charge in [0.25, 0.3) is 0 Å². The van der Waals surface area contributed by atoms with Gasteiger partial charge in [0.15, 0.2) is 17.3 Å². The van der Waals surface area contributed by atoms with E-state index in [9.17, 15) is 5.11 Å². The molecule has 0 aromatic heterocycles. The van der Waals surface area contributed by atoms with Crippen molar-refractivity contribution < 1.29 is 14.7 Å². The monoisotopic (exact) mass is 348 g/mol. The van der Waals surface area contributed by atoms with Crippen LogP contribution in [0, 0.1) is 0 Å². The van der Waals surface area contributed by atoms with Crippen LogP contribution in [-0.2, 0) is 4.84 Å². The summed E-state index contributed by atoms with van der Waals surface area (Å²) in [6.45, 7) is 0. The molecule has 0 amide bonds. The zero-order valence-electron chi connectivity index (χ0n) is 11.2. The van der Waals surface area contributed by atoms with Gasteiger partial charge in [-0.05, 0) is 28.1 Å². The fourth-order valence-corrected chi connectivity index (χ4v) is 2.51. The lowest BCUT2D eigenvalue weighted by atomic mass is 10.1. The highest BCUT2D eigenvalue weighted by atomic mass is 79.9. The molecule has 1 atom stereocenters. The van der Waals surface area contributed by atoms with Gasteiger partial charge in [0.2, 0.25) is 6.23 Å². The predicted molar refractivity (Wildman–Crippen MR) is 82.3 cm³/mol. The zero-order valence-corrected chi connectivity index (χ0v) is 12.8. The van der Waals surface area contributed by atoms with Crippen molar-refractivity contribution in [3.05, 3.63) is 58.1 Å². The Bertz CT molecular complexity index is 689. The SMILES string of the molecule is COc1cc([C@H]2N=C(c3ccccc3)NO2)cc(Br)c1O. The minimum absolute atomic E-state index is 0.0551. The summed E-state index contributed by atoms with van der Waals surface area (Å²) in [4.78, 5) is 9.99. The number of hydroxylamine groups is 1. The number of phenols is 1. The summed E-state index contributed by atoms with van der Waals surface area (Å²) >= 11 is 3.29. The number of rotatable bonds is 3. The Hall–Kier alpha value is -2.05.